The van der Waals surface area contributed by atoms with E-state index in [0.29, 0.717) is 39.1 Å². The number of hydrogen-bond donors (Lipinski definition) is 1. The van der Waals surface area contributed by atoms with Gasteiger partial charge in [0.05, 0.1) is 0 Å². The lowest BCUT2D eigenvalue weighted by Gasteiger charge is -2.32. The van der Waals surface area contributed by atoms with Gasteiger partial charge in [0.15, 0.2) is 0 Å². The molecule has 0 unspecified atom stereocenters. The summed E-state index contributed by atoms with van der Waals surface area (Å²) in [4.78, 5) is 26.2. The lowest BCUT2D eigenvalue weighted by atomic mass is 10.2. The summed E-state index contributed by atoms with van der Waals surface area (Å²) >= 11 is 0. The molecule has 1 aromatic carbocycles. The van der Waals surface area contributed by atoms with Crippen molar-refractivity contribution in [1.29, 1.82) is 0 Å². The van der Waals surface area contributed by atoms with Crippen LogP contribution < -0.4 is 5.32 Å². The zero-order valence-corrected chi connectivity index (χ0v) is 11.8. The molecule has 0 saturated carbocycles. The van der Waals surface area contributed by atoms with Crippen molar-refractivity contribution >= 4 is 18.0 Å². The van der Waals surface area contributed by atoms with Gasteiger partial charge in [-0.25, -0.2) is 0 Å². The van der Waals surface area contributed by atoms with Crippen molar-refractivity contribution in [3.8, 4) is 0 Å². The minimum Gasteiger partial charge on any atom is -0.385 e. The number of nitrogens with zero attached hydrogens (tertiary/aromatic N) is 2. The highest BCUT2D eigenvalue weighted by molar-refractivity contribution is 5.77. The first-order valence-corrected chi connectivity index (χ1v) is 6.97. The van der Waals surface area contributed by atoms with Gasteiger partial charge in [-0.3, -0.25) is 9.59 Å². The first-order chi connectivity index (χ1) is 9.69. The van der Waals surface area contributed by atoms with E-state index >= 15 is 0 Å². The van der Waals surface area contributed by atoms with Crippen LogP contribution in [-0.2, 0) is 9.59 Å². The number of amides is 2. The fraction of sp³-hybridized carbons (Fsp3) is 0.467. The van der Waals surface area contributed by atoms with Crippen molar-refractivity contribution in [2.75, 3.05) is 38.0 Å². The van der Waals surface area contributed by atoms with Crippen LogP contribution in [0.4, 0.5) is 5.69 Å². The van der Waals surface area contributed by atoms with Crippen molar-refractivity contribution in [1.82, 2.24) is 9.80 Å². The minimum atomic E-state index is 0.149. The second kappa shape index (κ2) is 6.93. The van der Waals surface area contributed by atoms with Crippen molar-refractivity contribution < 1.29 is 9.59 Å². The Morgan fingerprint density at radius 3 is 2.70 bits per heavy atom. The van der Waals surface area contributed by atoms with Crippen LogP contribution in [-0.4, -0.2) is 54.8 Å². The number of piperazine rings is 1. The molecule has 1 aliphatic heterocycles. The van der Waals surface area contributed by atoms with Crippen LogP contribution >= 0.6 is 0 Å². The monoisotopic (exact) mass is 275 g/mol. The molecule has 1 aromatic rings. The molecule has 1 N–H and O–H groups in total. The maximum absolute atomic E-state index is 12.0. The molecule has 108 valence electrons. The predicted octanol–water partition coefficient (Wildman–Crippen LogP) is 1.10. The van der Waals surface area contributed by atoms with Gasteiger partial charge in [-0.15, -0.1) is 0 Å². The van der Waals surface area contributed by atoms with Gasteiger partial charge in [-0.1, -0.05) is 12.1 Å². The Morgan fingerprint density at radius 1 is 1.30 bits per heavy atom. The summed E-state index contributed by atoms with van der Waals surface area (Å²) in [5.41, 5.74) is 2.25. The molecular formula is C15H21N3O2. The topological polar surface area (TPSA) is 52.7 Å². The Kier molecular flexibility index (Phi) is 4.98. The van der Waals surface area contributed by atoms with E-state index in [-0.39, 0.29) is 5.91 Å². The average molecular weight is 275 g/mol. The molecule has 0 aromatic heterocycles. The zero-order valence-electron chi connectivity index (χ0n) is 11.8. The second-order valence-corrected chi connectivity index (χ2v) is 5.07. The van der Waals surface area contributed by atoms with Gasteiger partial charge < -0.3 is 15.1 Å². The third kappa shape index (κ3) is 3.98. The molecule has 0 bridgehead atoms. The lowest BCUT2D eigenvalue weighted by Crippen LogP contribution is -2.48. The van der Waals surface area contributed by atoms with Gasteiger partial charge in [0.25, 0.3) is 0 Å². The number of rotatable bonds is 5. The Labute approximate surface area is 119 Å². The zero-order chi connectivity index (χ0) is 14.4. The Balaban J connectivity index is 1.71. The summed E-state index contributed by atoms with van der Waals surface area (Å²) in [5.74, 6) is 0.149. The lowest BCUT2D eigenvalue weighted by molar-refractivity contribution is -0.134. The van der Waals surface area contributed by atoms with Crippen LogP contribution in [0.1, 0.15) is 12.0 Å². The molecule has 0 aliphatic carbocycles. The van der Waals surface area contributed by atoms with Gasteiger partial charge in [-0.05, 0) is 24.6 Å². The van der Waals surface area contributed by atoms with E-state index in [1.165, 1.54) is 5.56 Å². The predicted molar refractivity (Wildman–Crippen MR) is 78.5 cm³/mol. The number of aryl methyl sites for hydroxylation is 1. The molecular weight excluding hydrogens is 254 g/mol. The standard InChI is InChI=1S/C15H21N3O2/c1-13-3-2-4-14(11-13)16-6-5-15(20)18-9-7-17(12-19)8-10-18/h2-4,11-12,16H,5-10H2,1H3. The number of hydrogen-bond acceptors (Lipinski definition) is 3. The fourth-order valence-corrected chi connectivity index (χ4v) is 2.30. The number of nitrogens with one attached hydrogen (secondary N) is 1. The number of carbonyl (C=O) groups is 2. The highest BCUT2D eigenvalue weighted by Crippen LogP contribution is 2.09. The number of carbonyl (C=O) groups excluding carboxylic acids is 2. The summed E-state index contributed by atoms with van der Waals surface area (Å²) in [7, 11) is 0. The van der Waals surface area contributed by atoms with Crippen LogP contribution in [0.15, 0.2) is 24.3 Å². The summed E-state index contributed by atoms with van der Waals surface area (Å²) in [6.07, 6.45) is 1.33. The van der Waals surface area contributed by atoms with Crippen molar-refractivity contribution in [3.63, 3.8) is 0 Å². The van der Waals surface area contributed by atoms with Crippen LogP contribution in [0.25, 0.3) is 0 Å². The van der Waals surface area contributed by atoms with Crippen LogP contribution in [0.2, 0.25) is 0 Å². The quantitative estimate of drug-likeness (QED) is 0.819. The summed E-state index contributed by atoms with van der Waals surface area (Å²) in [6.45, 7) is 5.24. The maximum atomic E-state index is 12.0. The van der Waals surface area contributed by atoms with E-state index in [1.54, 1.807) is 4.90 Å². The van der Waals surface area contributed by atoms with Crippen molar-refractivity contribution in [3.05, 3.63) is 29.8 Å². The average Bonchev–Trinajstić information content (AvgIpc) is 2.47. The summed E-state index contributed by atoms with van der Waals surface area (Å²) < 4.78 is 0. The molecule has 0 atom stereocenters. The normalized spacial score (nSPS) is 15.1. The molecule has 2 amide bonds. The summed E-state index contributed by atoms with van der Waals surface area (Å²) in [5, 5.41) is 3.26. The van der Waals surface area contributed by atoms with Crippen LogP contribution in [0, 0.1) is 6.92 Å². The van der Waals surface area contributed by atoms with E-state index in [1.807, 2.05) is 30.0 Å². The molecule has 1 heterocycles. The van der Waals surface area contributed by atoms with Gasteiger partial charge in [0.2, 0.25) is 12.3 Å². The Morgan fingerprint density at radius 2 is 2.05 bits per heavy atom. The molecule has 0 radical (unpaired) electrons. The van der Waals surface area contributed by atoms with E-state index in [0.717, 1.165) is 12.1 Å². The van der Waals surface area contributed by atoms with E-state index < -0.39 is 0 Å². The molecule has 5 heteroatoms. The fourth-order valence-electron chi connectivity index (χ4n) is 2.30. The van der Waals surface area contributed by atoms with Crippen molar-refractivity contribution in [2.45, 2.75) is 13.3 Å². The molecule has 2 rings (SSSR count). The SMILES string of the molecule is Cc1cccc(NCCC(=O)N2CCN(C=O)CC2)c1. The molecule has 1 fully saturated rings. The van der Waals surface area contributed by atoms with Gasteiger partial charge in [-0.2, -0.15) is 0 Å². The minimum absolute atomic E-state index is 0.149. The smallest absolute Gasteiger partial charge is 0.224 e. The van der Waals surface area contributed by atoms with Crippen LogP contribution in [0.5, 0.6) is 0 Å². The molecule has 5 nitrogen and oxygen atoms in total. The molecule has 20 heavy (non-hydrogen) atoms. The maximum Gasteiger partial charge on any atom is 0.224 e. The first-order valence-electron chi connectivity index (χ1n) is 6.97. The third-order valence-electron chi connectivity index (χ3n) is 3.50. The van der Waals surface area contributed by atoms with E-state index in [2.05, 4.69) is 11.4 Å². The Bertz CT molecular complexity index is 468. The number of anilines is 1. The van der Waals surface area contributed by atoms with Crippen LogP contribution in [0.3, 0.4) is 0 Å². The highest BCUT2D eigenvalue weighted by atomic mass is 16.2. The second-order valence-electron chi connectivity index (χ2n) is 5.07. The summed E-state index contributed by atoms with van der Waals surface area (Å²) in [6, 6.07) is 8.11. The van der Waals surface area contributed by atoms with Gasteiger partial charge in [0, 0.05) is 44.8 Å². The first kappa shape index (κ1) is 14.4. The third-order valence-corrected chi connectivity index (χ3v) is 3.50. The number of benzene rings is 1. The Hall–Kier alpha value is -2.04. The van der Waals surface area contributed by atoms with E-state index in [9.17, 15) is 9.59 Å². The molecule has 1 aliphatic rings. The molecule has 1 saturated heterocycles. The van der Waals surface area contributed by atoms with Gasteiger partial charge in [0.1, 0.15) is 0 Å². The largest absolute Gasteiger partial charge is 0.385 e. The van der Waals surface area contributed by atoms with Crippen molar-refractivity contribution in [2.24, 2.45) is 0 Å². The highest BCUT2D eigenvalue weighted by Gasteiger charge is 2.19. The van der Waals surface area contributed by atoms with Gasteiger partial charge >= 0.3 is 0 Å². The molecule has 0 spiro atoms. The van der Waals surface area contributed by atoms with E-state index in [4.69, 9.17) is 0 Å².